The molecule has 5 nitrogen and oxygen atoms in total. The number of hydrogen-bond acceptors (Lipinski definition) is 4. The van der Waals surface area contributed by atoms with E-state index in [1.54, 1.807) is 12.1 Å². The van der Waals surface area contributed by atoms with Crippen molar-refractivity contribution >= 4 is 28.3 Å². The Morgan fingerprint density at radius 1 is 1.21 bits per heavy atom. The first-order chi connectivity index (χ1) is 13.9. The summed E-state index contributed by atoms with van der Waals surface area (Å²) in [6, 6.07) is 7.13. The molecular weight excluding hydrogens is 401 g/mol. The highest BCUT2D eigenvalue weighted by molar-refractivity contribution is 7.17. The van der Waals surface area contributed by atoms with Crippen LogP contribution >= 0.6 is 11.3 Å². The van der Waals surface area contributed by atoms with Gasteiger partial charge in [-0.15, -0.1) is 11.3 Å². The zero-order valence-corrected chi connectivity index (χ0v) is 16.2. The molecule has 3 aromatic rings. The smallest absolute Gasteiger partial charge is 0.347 e. The van der Waals surface area contributed by atoms with Gasteiger partial charge in [0, 0.05) is 12.6 Å². The summed E-state index contributed by atoms with van der Waals surface area (Å²) in [7, 11) is 0. The fourth-order valence-electron chi connectivity index (χ4n) is 4.26. The highest BCUT2D eigenvalue weighted by Crippen LogP contribution is 2.33. The summed E-state index contributed by atoms with van der Waals surface area (Å²) in [5.41, 5.74) is 0.0603. The Balaban J connectivity index is 1.35. The van der Waals surface area contributed by atoms with Crippen molar-refractivity contribution in [3.8, 4) is 10.7 Å². The third-order valence-corrected chi connectivity index (χ3v) is 6.94. The van der Waals surface area contributed by atoms with Crippen molar-refractivity contribution < 1.29 is 18.0 Å². The fourth-order valence-corrected chi connectivity index (χ4v) is 5.11. The molecule has 2 bridgehead atoms. The molecule has 1 aromatic carbocycles. The van der Waals surface area contributed by atoms with Gasteiger partial charge < -0.3 is 15.2 Å². The van der Waals surface area contributed by atoms with Gasteiger partial charge in [-0.05, 0) is 62.2 Å². The van der Waals surface area contributed by atoms with Crippen LogP contribution in [0.25, 0.3) is 21.7 Å². The predicted octanol–water partition coefficient (Wildman–Crippen LogP) is 4.13. The van der Waals surface area contributed by atoms with E-state index in [9.17, 15) is 18.0 Å². The van der Waals surface area contributed by atoms with Crippen molar-refractivity contribution in [3.63, 3.8) is 0 Å². The highest BCUT2D eigenvalue weighted by atomic mass is 32.1. The number of thiophene rings is 1. The van der Waals surface area contributed by atoms with Crippen LogP contribution in [-0.2, 0) is 6.18 Å². The van der Waals surface area contributed by atoms with Gasteiger partial charge in [0.05, 0.1) is 26.4 Å². The lowest BCUT2D eigenvalue weighted by Gasteiger charge is -2.44. The van der Waals surface area contributed by atoms with Crippen molar-refractivity contribution in [3.05, 3.63) is 40.8 Å². The molecule has 3 saturated heterocycles. The lowest BCUT2D eigenvalue weighted by molar-refractivity contribution is -0.137. The number of imidazole rings is 1. The number of carbonyl (C=O) groups is 1. The Labute approximate surface area is 168 Å². The molecular formula is C20H19F3N4OS. The van der Waals surface area contributed by atoms with Gasteiger partial charge in [0.15, 0.2) is 0 Å². The first-order valence-electron chi connectivity index (χ1n) is 9.57. The molecule has 2 aromatic heterocycles. The molecule has 0 radical (unpaired) electrons. The topological polar surface area (TPSA) is 61.0 Å². The van der Waals surface area contributed by atoms with E-state index in [2.05, 4.69) is 20.2 Å². The molecule has 1 amide bonds. The second-order valence-electron chi connectivity index (χ2n) is 7.70. The van der Waals surface area contributed by atoms with E-state index >= 15 is 0 Å². The summed E-state index contributed by atoms with van der Waals surface area (Å²) < 4.78 is 38.7. The van der Waals surface area contributed by atoms with Gasteiger partial charge in [0.2, 0.25) is 0 Å². The van der Waals surface area contributed by atoms with Crippen LogP contribution in [0.15, 0.2) is 30.3 Å². The maximum absolute atomic E-state index is 12.9. The van der Waals surface area contributed by atoms with E-state index in [1.807, 2.05) is 0 Å². The number of amides is 1. The highest BCUT2D eigenvalue weighted by Gasteiger charge is 2.35. The largest absolute Gasteiger partial charge is 0.416 e. The standard InChI is InChI=1S/C20H19F3N4OS/c21-20(22,23)12-1-2-13-14(9-12)25-18(24-13)16-3-4-17(29-16)19(28)26-15-10-27-7-5-11(15)6-8-27/h1-4,9,11,15H,5-8,10H2,(H,24,25)(H,26,28). The molecule has 6 rings (SSSR count). The molecule has 3 aliphatic heterocycles. The molecule has 3 aliphatic rings. The molecule has 0 spiro atoms. The zero-order valence-electron chi connectivity index (χ0n) is 15.4. The number of aromatic amines is 1. The van der Waals surface area contributed by atoms with Crippen LogP contribution in [0.4, 0.5) is 13.2 Å². The normalized spacial score (nSPS) is 24.2. The van der Waals surface area contributed by atoms with Crippen molar-refractivity contribution in [1.29, 1.82) is 0 Å². The van der Waals surface area contributed by atoms with Crippen LogP contribution in [0, 0.1) is 5.92 Å². The second-order valence-corrected chi connectivity index (χ2v) is 8.78. The Morgan fingerprint density at radius 3 is 2.69 bits per heavy atom. The molecule has 1 atom stereocenters. The number of nitrogens with one attached hydrogen (secondary N) is 2. The number of piperidine rings is 3. The van der Waals surface area contributed by atoms with E-state index in [0.717, 1.165) is 44.6 Å². The van der Waals surface area contributed by atoms with Gasteiger partial charge in [-0.1, -0.05) is 0 Å². The van der Waals surface area contributed by atoms with Gasteiger partial charge in [0.1, 0.15) is 5.82 Å². The summed E-state index contributed by atoms with van der Waals surface area (Å²) in [6.45, 7) is 3.13. The maximum Gasteiger partial charge on any atom is 0.416 e. The van der Waals surface area contributed by atoms with Crippen LogP contribution in [0.1, 0.15) is 28.1 Å². The molecule has 2 N–H and O–H groups in total. The van der Waals surface area contributed by atoms with Crippen LogP contribution in [0.5, 0.6) is 0 Å². The molecule has 152 valence electrons. The third kappa shape index (κ3) is 3.53. The minimum atomic E-state index is -4.40. The van der Waals surface area contributed by atoms with Gasteiger partial charge in [-0.2, -0.15) is 13.2 Å². The molecule has 1 unspecified atom stereocenters. The zero-order chi connectivity index (χ0) is 20.2. The summed E-state index contributed by atoms with van der Waals surface area (Å²) >= 11 is 1.29. The van der Waals surface area contributed by atoms with Crippen LogP contribution in [0.3, 0.4) is 0 Å². The van der Waals surface area contributed by atoms with Gasteiger partial charge in [-0.25, -0.2) is 4.98 Å². The fraction of sp³-hybridized carbons (Fsp3) is 0.400. The molecule has 9 heteroatoms. The number of alkyl halides is 3. The molecule has 0 aliphatic carbocycles. The monoisotopic (exact) mass is 420 g/mol. The number of aromatic nitrogens is 2. The van der Waals surface area contributed by atoms with Crippen molar-refractivity contribution in [2.75, 3.05) is 19.6 Å². The number of rotatable bonds is 3. The van der Waals surface area contributed by atoms with Gasteiger partial charge >= 0.3 is 6.18 Å². The summed E-state index contributed by atoms with van der Waals surface area (Å²) in [5, 5.41) is 3.16. The Morgan fingerprint density at radius 2 is 2.00 bits per heavy atom. The number of halogens is 3. The van der Waals surface area contributed by atoms with Crippen molar-refractivity contribution in [1.82, 2.24) is 20.2 Å². The first-order valence-corrected chi connectivity index (χ1v) is 10.4. The lowest BCUT2D eigenvalue weighted by atomic mass is 9.84. The average molecular weight is 420 g/mol. The molecule has 29 heavy (non-hydrogen) atoms. The molecule has 3 fully saturated rings. The maximum atomic E-state index is 12.9. The van der Waals surface area contributed by atoms with E-state index < -0.39 is 11.7 Å². The second kappa shape index (κ2) is 6.84. The average Bonchev–Trinajstić information content (AvgIpc) is 3.34. The molecule has 5 heterocycles. The molecule has 0 saturated carbocycles. The SMILES string of the molecule is O=C(NC1CN2CCC1CC2)c1ccc(-c2nc3ccc(C(F)(F)F)cc3[nH]2)s1. The summed E-state index contributed by atoms with van der Waals surface area (Å²) in [4.78, 5) is 23.7. The number of H-pyrrole nitrogens is 1. The van der Waals surface area contributed by atoms with Crippen molar-refractivity contribution in [2.45, 2.75) is 25.1 Å². The number of carbonyl (C=O) groups excluding carboxylic acids is 1. The van der Waals surface area contributed by atoms with E-state index in [4.69, 9.17) is 0 Å². The Bertz CT molecular complexity index is 1070. The number of fused-ring (bicyclic) bond motifs is 4. The predicted molar refractivity (Wildman–Crippen MR) is 105 cm³/mol. The van der Waals surface area contributed by atoms with Crippen LogP contribution < -0.4 is 5.32 Å². The lowest BCUT2D eigenvalue weighted by Crippen LogP contribution is -2.57. The Kier molecular flexibility index (Phi) is 4.40. The minimum Gasteiger partial charge on any atom is -0.347 e. The Hall–Kier alpha value is -2.39. The van der Waals surface area contributed by atoms with E-state index in [-0.39, 0.29) is 11.9 Å². The van der Waals surface area contributed by atoms with E-state index in [1.165, 1.54) is 17.4 Å². The third-order valence-electron chi connectivity index (χ3n) is 5.85. The van der Waals surface area contributed by atoms with Crippen LogP contribution in [0.2, 0.25) is 0 Å². The van der Waals surface area contributed by atoms with Crippen LogP contribution in [-0.4, -0.2) is 46.5 Å². The summed E-state index contributed by atoms with van der Waals surface area (Å²) in [5.74, 6) is 0.906. The minimum absolute atomic E-state index is 0.101. The van der Waals surface area contributed by atoms with E-state index in [0.29, 0.717) is 32.5 Å². The number of hydrogen-bond donors (Lipinski definition) is 2. The van der Waals surface area contributed by atoms with Gasteiger partial charge in [-0.3, -0.25) is 4.79 Å². The summed E-state index contributed by atoms with van der Waals surface area (Å²) in [6.07, 6.45) is -2.15. The number of benzene rings is 1. The quantitative estimate of drug-likeness (QED) is 0.670. The first kappa shape index (κ1) is 18.6. The van der Waals surface area contributed by atoms with Gasteiger partial charge in [0.25, 0.3) is 5.91 Å². The number of nitrogens with zero attached hydrogens (tertiary/aromatic N) is 2. The van der Waals surface area contributed by atoms with Crippen molar-refractivity contribution in [2.24, 2.45) is 5.92 Å².